The Morgan fingerprint density at radius 2 is 2.33 bits per heavy atom. The van der Waals surface area contributed by atoms with Gasteiger partial charge in [0.1, 0.15) is 0 Å². The van der Waals surface area contributed by atoms with Crippen LogP contribution in [0.15, 0.2) is 4.99 Å². The summed E-state index contributed by atoms with van der Waals surface area (Å²) in [7, 11) is 0. The van der Waals surface area contributed by atoms with Crippen molar-refractivity contribution >= 4 is 56.7 Å². The van der Waals surface area contributed by atoms with E-state index in [1.165, 1.54) is 0 Å². The summed E-state index contributed by atoms with van der Waals surface area (Å²) in [6.07, 6.45) is 0. The second-order valence-corrected chi connectivity index (χ2v) is 3.71. The summed E-state index contributed by atoms with van der Waals surface area (Å²) in [6, 6.07) is 0. The molecule has 0 spiro atoms. The van der Waals surface area contributed by atoms with Crippen LogP contribution >= 0.6 is 28.1 Å². The number of rotatable bonds is 3. The number of carbonyl (C=O) groups excluding carboxylic acids is 3. The van der Waals surface area contributed by atoms with Crippen molar-refractivity contribution in [3.63, 3.8) is 0 Å². The molecule has 1 fully saturated rings. The minimum Gasteiger partial charge on any atom is -0.361 e. The van der Waals surface area contributed by atoms with Crippen LogP contribution < -0.4 is 5.32 Å². The van der Waals surface area contributed by atoms with Crippen molar-refractivity contribution in [2.75, 3.05) is 5.33 Å². The van der Waals surface area contributed by atoms with Crippen molar-refractivity contribution in [1.29, 1.82) is 0 Å². The Morgan fingerprint density at radius 1 is 1.72 bits per heavy atom. The molecule has 11 heteroatoms. The number of alkyl halides is 1. The number of isothiocyanates is 1. The van der Waals surface area contributed by atoms with E-state index < -0.39 is 29.1 Å². The maximum absolute atomic E-state index is 11.7. The van der Waals surface area contributed by atoms with E-state index in [4.69, 9.17) is 5.53 Å². The van der Waals surface area contributed by atoms with Crippen LogP contribution in [0, 0.1) is 0 Å². The molecule has 0 aromatic carbocycles. The third kappa shape index (κ3) is 2.01. The van der Waals surface area contributed by atoms with E-state index in [9.17, 15) is 19.6 Å². The maximum Gasteiger partial charge on any atom is 0.416 e. The molecule has 2 N–H and O–H groups in total. The molecule has 3 amide bonds. The molecule has 1 aliphatic heterocycles. The number of hydroxylamine groups is 2. The molecule has 1 heterocycles. The van der Waals surface area contributed by atoms with Crippen molar-refractivity contribution in [2.45, 2.75) is 5.66 Å². The molecule has 1 unspecified atom stereocenters. The molecular weight excluding hydrogens is 330 g/mol. The molecule has 94 valence electrons. The highest BCUT2D eigenvalue weighted by Gasteiger charge is 2.66. The lowest BCUT2D eigenvalue weighted by atomic mass is 10.1. The van der Waals surface area contributed by atoms with Crippen LogP contribution in [-0.4, -0.2) is 54.6 Å². The van der Waals surface area contributed by atoms with Gasteiger partial charge in [0.25, 0.3) is 0 Å². The van der Waals surface area contributed by atoms with Gasteiger partial charge < -0.3 is 10.8 Å². The number of nitrogens with zero attached hydrogens (tertiary/aromatic N) is 4. The summed E-state index contributed by atoms with van der Waals surface area (Å²) in [5.41, 5.74) is 5.43. The molecule has 0 aliphatic carbocycles. The van der Waals surface area contributed by atoms with Gasteiger partial charge in [0.05, 0.1) is 10.5 Å². The maximum atomic E-state index is 11.7. The first kappa shape index (κ1) is 14.3. The number of halogens is 1. The fraction of sp³-hybridized carbons (Fsp3) is 0.286. The van der Waals surface area contributed by atoms with Gasteiger partial charge in [0.15, 0.2) is 0 Å². The predicted molar refractivity (Wildman–Crippen MR) is 62.0 cm³/mol. The number of imide groups is 1. The molecule has 0 radical (unpaired) electrons. The second kappa shape index (κ2) is 5.25. The Balaban J connectivity index is 3.46. The molecule has 1 rings (SSSR count). The van der Waals surface area contributed by atoms with E-state index in [0.29, 0.717) is 0 Å². The fourth-order valence-electron chi connectivity index (χ4n) is 1.26. The van der Waals surface area contributed by atoms with E-state index in [2.05, 4.69) is 37.9 Å². The molecule has 0 bridgehead atoms. The normalized spacial score (nSPS) is 22.6. The van der Waals surface area contributed by atoms with Gasteiger partial charge in [-0.15, -0.1) is 5.06 Å². The van der Waals surface area contributed by atoms with Crippen molar-refractivity contribution in [3.05, 3.63) is 5.53 Å². The Labute approximate surface area is 113 Å². The van der Waals surface area contributed by atoms with Crippen LogP contribution in [0.4, 0.5) is 0 Å². The number of amides is 3. The predicted octanol–water partition coefficient (Wildman–Crippen LogP) is -1.27. The van der Waals surface area contributed by atoms with Gasteiger partial charge in [0.2, 0.25) is 5.91 Å². The average molecular weight is 334 g/mol. The highest BCUT2D eigenvalue weighted by atomic mass is 79.9. The van der Waals surface area contributed by atoms with Crippen LogP contribution in [0.5, 0.6) is 0 Å². The fourth-order valence-corrected chi connectivity index (χ4v) is 1.54. The molecule has 0 aromatic rings. The van der Waals surface area contributed by atoms with E-state index in [1.54, 1.807) is 5.16 Å². The first-order valence-electron chi connectivity index (χ1n) is 4.21. The van der Waals surface area contributed by atoms with Crippen LogP contribution in [-0.2, 0) is 14.4 Å². The van der Waals surface area contributed by atoms with Crippen LogP contribution in [0.2, 0.25) is 0 Å². The third-order valence-electron chi connectivity index (χ3n) is 1.99. The smallest absolute Gasteiger partial charge is 0.361 e. The van der Waals surface area contributed by atoms with Gasteiger partial charge in [0, 0.05) is 0 Å². The van der Waals surface area contributed by atoms with Crippen molar-refractivity contribution in [2.24, 2.45) is 4.99 Å². The van der Waals surface area contributed by atoms with E-state index in [0.717, 1.165) is 0 Å². The molecular formula is C7H4BrN5O4S. The lowest BCUT2D eigenvalue weighted by molar-refractivity contribution is -0.172. The van der Waals surface area contributed by atoms with Gasteiger partial charge in [-0.1, -0.05) is 15.9 Å². The SMILES string of the molecule is [N-]=[N+]=C1C(=O)N(O)C(=O)C1(N=C=S)NC(=O)CBr. The minimum atomic E-state index is -2.40. The first-order valence-corrected chi connectivity index (χ1v) is 5.74. The van der Waals surface area contributed by atoms with Crippen LogP contribution in [0.1, 0.15) is 0 Å². The largest absolute Gasteiger partial charge is 0.416 e. The highest BCUT2D eigenvalue weighted by molar-refractivity contribution is 9.09. The average Bonchev–Trinajstić information content (AvgIpc) is 2.52. The Kier molecular flexibility index (Phi) is 4.17. The van der Waals surface area contributed by atoms with Gasteiger partial charge in [-0.3, -0.25) is 19.6 Å². The monoisotopic (exact) mass is 333 g/mol. The molecule has 1 aliphatic rings. The van der Waals surface area contributed by atoms with Gasteiger partial charge in [-0.2, -0.15) is 9.78 Å². The zero-order chi connectivity index (χ0) is 13.9. The number of hydrogen-bond donors (Lipinski definition) is 2. The second-order valence-electron chi connectivity index (χ2n) is 2.97. The van der Waals surface area contributed by atoms with Crippen molar-refractivity contribution in [3.8, 4) is 0 Å². The summed E-state index contributed by atoms with van der Waals surface area (Å²) in [4.78, 5) is 40.3. The number of hydrogen-bond acceptors (Lipinski definition) is 6. The molecule has 1 saturated heterocycles. The van der Waals surface area contributed by atoms with E-state index in [1.807, 2.05) is 5.32 Å². The van der Waals surface area contributed by atoms with Crippen LogP contribution in [0.3, 0.4) is 0 Å². The van der Waals surface area contributed by atoms with E-state index >= 15 is 0 Å². The quantitative estimate of drug-likeness (QED) is 0.126. The Bertz CT molecular complexity index is 538. The summed E-state index contributed by atoms with van der Waals surface area (Å²) in [5.74, 6) is -3.40. The standard InChI is InChI=1S/C7H4BrN5O4S/c8-1-3(14)11-7(10-2-18)4(12-9)5(15)13(17)6(7)16/h17H,1H2,(H,11,14). The zero-order valence-corrected chi connectivity index (χ0v) is 10.9. The third-order valence-corrected chi connectivity index (χ3v) is 2.60. The molecule has 0 saturated carbocycles. The molecule has 0 aromatic heterocycles. The topological polar surface area (TPSA) is 135 Å². The van der Waals surface area contributed by atoms with Gasteiger partial charge in [-0.25, -0.2) is 0 Å². The highest BCUT2D eigenvalue weighted by Crippen LogP contribution is 2.21. The Morgan fingerprint density at radius 3 is 2.78 bits per heavy atom. The number of thiocarbonyl (C=S) groups is 1. The van der Waals surface area contributed by atoms with Crippen molar-refractivity contribution < 1.29 is 24.4 Å². The number of nitrogens with one attached hydrogen (secondary N) is 1. The van der Waals surface area contributed by atoms with Gasteiger partial charge in [-0.05, 0) is 12.2 Å². The lowest BCUT2D eigenvalue weighted by Gasteiger charge is -2.16. The van der Waals surface area contributed by atoms with Gasteiger partial charge >= 0.3 is 23.2 Å². The number of aliphatic imine (C=N–C) groups is 1. The number of carbonyl (C=O) groups is 3. The molecule has 18 heavy (non-hydrogen) atoms. The van der Waals surface area contributed by atoms with Crippen LogP contribution in [0.25, 0.3) is 5.53 Å². The molecule has 1 atom stereocenters. The summed E-state index contributed by atoms with van der Waals surface area (Å²) in [5, 5.41) is 12.4. The van der Waals surface area contributed by atoms with E-state index in [-0.39, 0.29) is 10.4 Å². The summed E-state index contributed by atoms with van der Waals surface area (Å²) >= 11 is 7.12. The van der Waals surface area contributed by atoms with Crippen molar-refractivity contribution in [1.82, 2.24) is 10.4 Å². The molecule has 9 nitrogen and oxygen atoms in total. The summed E-state index contributed by atoms with van der Waals surface area (Å²) < 4.78 is 0. The Hall–Kier alpha value is -1.77. The first-order chi connectivity index (χ1) is 8.44. The lowest BCUT2D eigenvalue weighted by Crippen LogP contribution is -2.57. The zero-order valence-electron chi connectivity index (χ0n) is 8.45. The minimum absolute atomic E-state index is 0.215. The summed E-state index contributed by atoms with van der Waals surface area (Å²) in [6.45, 7) is 0.